The third kappa shape index (κ3) is 6.54. The fourth-order valence-electron chi connectivity index (χ4n) is 3.47. The maximum atomic E-state index is 12.2. The number of nitrogens with zero attached hydrogens (tertiary/aromatic N) is 1. The molecule has 0 aromatic heterocycles. The predicted molar refractivity (Wildman–Crippen MR) is 89.9 cm³/mol. The Balaban J connectivity index is 0.00000220. The van der Waals surface area contributed by atoms with Crippen LogP contribution in [0.1, 0.15) is 51.9 Å². The molecule has 2 rings (SSSR count). The second-order valence-electron chi connectivity index (χ2n) is 6.77. The van der Waals surface area contributed by atoms with Gasteiger partial charge in [-0.25, -0.2) is 0 Å². The highest BCUT2D eigenvalue weighted by Gasteiger charge is 2.22. The monoisotopic (exact) mass is 317 g/mol. The van der Waals surface area contributed by atoms with Gasteiger partial charge in [0.15, 0.2) is 0 Å². The first-order valence-electron chi connectivity index (χ1n) is 8.35. The van der Waals surface area contributed by atoms with E-state index in [9.17, 15) is 4.79 Å². The van der Waals surface area contributed by atoms with E-state index < -0.39 is 0 Å². The Morgan fingerprint density at radius 2 is 1.86 bits per heavy atom. The zero-order chi connectivity index (χ0) is 14.4. The zero-order valence-corrected chi connectivity index (χ0v) is 14.4. The molecule has 124 valence electrons. The highest BCUT2D eigenvalue weighted by molar-refractivity contribution is 5.85. The molecule has 2 N–H and O–H groups in total. The number of carbonyl (C=O) groups excluding carboxylic acids is 1. The molecule has 1 aliphatic heterocycles. The van der Waals surface area contributed by atoms with Crippen LogP contribution in [0, 0.1) is 5.92 Å². The van der Waals surface area contributed by atoms with Crippen LogP contribution in [0.15, 0.2) is 0 Å². The van der Waals surface area contributed by atoms with E-state index in [0.717, 1.165) is 38.3 Å². The summed E-state index contributed by atoms with van der Waals surface area (Å²) in [6.07, 6.45) is 8.41. The summed E-state index contributed by atoms with van der Waals surface area (Å²) in [4.78, 5) is 14.4. The van der Waals surface area contributed by atoms with Gasteiger partial charge in [-0.05, 0) is 71.0 Å². The number of likely N-dealkylation sites (N-methyl/N-ethyl adjacent to an activating group) is 1. The molecule has 2 aliphatic rings. The van der Waals surface area contributed by atoms with Crippen molar-refractivity contribution >= 4 is 18.3 Å². The number of rotatable bonds is 4. The van der Waals surface area contributed by atoms with Crippen LogP contribution >= 0.6 is 12.4 Å². The summed E-state index contributed by atoms with van der Waals surface area (Å²) < 4.78 is 0. The Hall–Kier alpha value is -0.320. The Morgan fingerprint density at radius 1 is 1.14 bits per heavy atom. The van der Waals surface area contributed by atoms with Crippen LogP contribution in [-0.4, -0.2) is 49.6 Å². The lowest BCUT2D eigenvalue weighted by atomic mass is 9.87. The number of nitrogens with one attached hydrogen (secondary N) is 2. The standard InChI is InChI=1S/C16H31N3O.ClH/c1-13-5-7-14(8-6-13)18-16(20)12-19(2)15-4-3-10-17-11-9-15;/h13-15,17H,3-12H2,1-2H3,(H,18,20);1H. The van der Waals surface area contributed by atoms with Crippen molar-refractivity contribution in [2.24, 2.45) is 5.92 Å². The van der Waals surface area contributed by atoms with E-state index in [1.807, 2.05) is 0 Å². The molecule has 21 heavy (non-hydrogen) atoms. The second-order valence-corrected chi connectivity index (χ2v) is 6.77. The molecule has 1 unspecified atom stereocenters. The van der Waals surface area contributed by atoms with Gasteiger partial charge in [-0.1, -0.05) is 6.92 Å². The minimum atomic E-state index is 0. The molecule has 1 heterocycles. The van der Waals surface area contributed by atoms with Gasteiger partial charge in [0.1, 0.15) is 0 Å². The predicted octanol–water partition coefficient (Wildman–Crippen LogP) is 2.18. The van der Waals surface area contributed by atoms with Crippen LogP contribution < -0.4 is 10.6 Å². The van der Waals surface area contributed by atoms with Gasteiger partial charge >= 0.3 is 0 Å². The minimum Gasteiger partial charge on any atom is -0.352 e. The first-order chi connectivity index (χ1) is 9.65. The summed E-state index contributed by atoms with van der Waals surface area (Å²) in [6.45, 7) is 5.07. The van der Waals surface area contributed by atoms with Crippen molar-refractivity contribution in [2.45, 2.75) is 64.0 Å². The van der Waals surface area contributed by atoms with E-state index in [-0.39, 0.29) is 18.3 Å². The van der Waals surface area contributed by atoms with Gasteiger partial charge in [0.25, 0.3) is 0 Å². The molecule has 2 fully saturated rings. The number of hydrogen-bond donors (Lipinski definition) is 2. The van der Waals surface area contributed by atoms with E-state index in [1.54, 1.807) is 0 Å². The van der Waals surface area contributed by atoms with E-state index in [4.69, 9.17) is 0 Å². The molecule has 0 aromatic carbocycles. The number of carbonyl (C=O) groups is 1. The lowest BCUT2D eigenvalue weighted by Gasteiger charge is -2.29. The summed E-state index contributed by atoms with van der Waals surface area (Å²) in [5, 5.41) is 6.66. The summed E-state index contributed by atoms with van der Waals surface area (Å²) in [5.41, 5.74) is 0. The molecule has 1 atom stereocenters. The van der Waals surface area contributed by atoms with Crippen molar-refractivity contribution in [1.82, 2.24) is 15.5 Å². The number of halogens is 1. The van der Waals surface area contributed by atoms with E-state index in [0.29, 0.717) is 18.6 Å². The molecule has 0 bridgehead atoms. The maximum Gasteiger partial charge on any atom is 0.234 e. The zero-order valence-electron chi connectivity index (χ0n) is 13.6. The molecular weight excluding hydrogens is 286 g/mol. The van der Waals surface area contributed by atoms with Gasteiger partial charge < -0.3 is 10.6 Å². The summed E-state index contributed by atoms with van der Waals surface area (Å²) in [5.74, 6) is 1.05. The molecule has 0 aromatic rings. The van der Waals surface area contributed by atoms with Gasteiger partial charge in [0.05, 0.1) is 6.54 Å². The Morgan fingerprint density at radius 3 is 2.57 bits per heavy atom. The molecule has 1 saturated heterocycles. The van der Waals surface area contributed by atoms with Crippen molar-refractivity contribution < 1.29 is 4.79 Å². The quantitative estimate of drug-likeness (QED) is 0.835. The van der Waals surface area contributed by atoms with E-state index in [1.165, 1.54) is 25.7 Å². The lowest BCUT2D eigenvalue weighted by molar-refractivity contribution is -0.123. The van der Waals surface area contributed by atoms with Crippen LogP contribution in [0.5, 0.6) is 0 Å². The van der Waals surface area contributed by atoms with Crippen LogP contribution in [0.4, 0.5) is 0 Å². The summed E-state index contributed by atoms with van der Waals surface area (Å²) >= 11 is 0. The van der Waals surface area contributed by atoms with Crippen molar-refractivity contribution in [1.29, 1.82) is 0 Å². The van der Waals surface area contributed by atoms with Gasteiger partial charge in [-0.15, -0.1) is 12.4 Å². The first kappa shape index (κ1) is 18.7. The molecule has 4 nitrogen and oxygen atoms in total. The molecule has 0 radical (unpaired) electrons. The van der Waals surface area contributed by atoms with Crippen molar-refractivity contribution in [3.63, 3.8) is 0 Å². The molecule has 1 aliphatic carbocycles. The van der Waals surface area contributed by atoms with Crippen LogP contribution in [-0.2, 0) is 4.79 Å². The summed E-state index contributed by atoms with van der Waals surface area (Å²) in [7, 11) is 2.10. The Bertz CT molecular complexity index is 298. The average Bonchev–Trinajstić information content (AvgIpc) is 2.70. The van der Waals surface area contributed by atoms with Crippen LogP contribution in [0.3, 0.4) is 0 Å². The fourth-order valence-corrected chi connectivity index (χ4v) is 3.47. The second kappa shape index (κ2) is 9.65. The third-order valence-electron chi connectivity index (χ3n) is 4.94. The van der Waals surface area contributed by atoms with Gasteiger partial charge in [-0.3, -0.25) is 9.69 Å². The molecule has 1 saturated carbocycles. The van der Waals surface area contributed by atoms with Crippen molar-refractivity contribution in [2.75, 3.05) is 26.7 Å². The van der Waals surface area contributed by atoms with E-state index in [2.05, 4.69) is 29.5 Å². The SMILES string of the molecule is CC1CCC(NC(=O)CN(C)C2CCCNCC2)CC1.Cl. The highest BCUT2D eigenvalue weighted by atomic mass is 35.5. The molecular formula is C16H32ClN3O. The third-order valence-corrected chi connectivity index (χ3v) is 4.94. The maximum absolute atomic E-state index is 12.2. The fraction of sp³-hybridized carbons (Fsp3) is 0.938. The van der Waals surface area contributed by atoms with Crippen LogP contribution in [0.2, 0.25) is 0 Å². The summed E-state index contributed by atoms with van der Waals surface area (Å²) in [6, 6.07) is 0.977. The lowest BCUT2D eigenvalue weighted by Crippen LogP contribution is -2.45. The first-order valence-corrected chi connectivity index (χ1v) is 8.35. The van der Waals surface area contributed by atoms with E-state index >= 15 is 0 Å². The minimum absolute atomic E-state index is 0. The smallest absolute Gasteiger partial charge is 0.234 e. The molecule has 5 heteroatoms. The number of amides is 1. The molecule has 1 amide bonds. The van der Waals surface area contributed by atoms with Gasteiger partial charge in [0, 0.05) is 12.1 Å². The number of hydrogen-bond acceptors (Lipinski definition) is 3. The van der Waals surface area contributed by atoms with Crippen molar-refractivity contribution in [3.05, 3.63) is 0 Å². The van der Waals surface area contributed by atoms with Gasteiger partial charge in [-0.2, -0.15) is 0 Å². The molecule has 0 spiro atoms. The van der Waals surface area contributed by atoms with Crippen LogP contribution in [0.25, 0.3) is 0 Å². The highest BCUT2D eigenvalue weighted by Crippen LogP contribution is 2.23. The normalized spacial score (nSPS) is 30.3. The van der Waals surface area contributed by atoms with Crippen molar-refractivity contribution in [3.8, 4) is 0 Å². The largest absolute Gasteiger partial charge is 0.352 e. The topological polar surface area (TPSA) is 44.4 Å². The van der Waals surface area contributed by atoms with Gasteiger partial charge in [0.2, 0.25) is 5.91 Å². The Kier molecular flexibility index (Phi) is 8.60. The average molecular weight is 318 g/mol. The Labute approximate surface area is 135 Å².